The van der Waals surface area contributed by atoms with Crippen molar-refractivity contribution in [3.63, 3.8) is 0 Å². The van der Waals surface area contributed by atoms with E-state index in [2.05, 4.69) is 0 Å². The molecule has 1 saturated heterocycles. The van der Waals surface area contributed by atoms with Crippen LogP contribution in [0.15, 0.2) is 42.5 Å². The van der Waals surface area contributed by atoms with Crippen LogP contribution in [-0.4, -0.2) is 61.2 Å². The van der Waals surface area contributed by atoms with Crippen molar-refractivity contribution < 1.29 is 47.6 Å². The maximum absolute atomic E-state index is 11.9. The fourth-order valence-corrected chi connectivity index (χ4v) is 3.66. The van der Waals surface area contributed by atoms with Gasteiger partial charge in [-0.1, -0.05) is 30.3 Å². The molecule has 0 aromatic heterocycles. The molecule has 0 bridgehead atoms. The third kappa shape index (κ3) is 6.44. The molecule has 0 unspecified atom stereocenters. The number of ether oxygens (including phenoxy) is 6. The highest BCUT2D eigenvalue weighted by molar-refractivity contribution is 5.83. The normalized spacial score (nSPS) is 24.1. The molecule has 0 radical (unpaired) electrons. The Morgan fingerprint density at radius 1 is 0.735 bits per heavy atom. The van der Waals surface area contributed by atoms with Gasteiger partial charge in [0.2, 0.25) is 12.4 Å². The molecule has 2 aromatic carbocycles. The molecular formula is C24H26O10. The smallest absolute Gasteiger partial charge is 0.303 e. The standard InChI is InChI=1S/C24H26O10/c1-13(25)29-12-20-21(30-14(2)26)22(31-15(3)27)23(32-16(4)28)24(34-20)33-19-10-9-17-7-5-6-8-18(17)11-19/h5-11,20-24H,12H2,1-4H3/t20-,21-,22-,23-,24+/m0/s1. The maximum Gasteiger partial charge on any atom is 0.303 e. The summed E-state index contributed by atoms with van der Waals surface area (Å²) < 4.78 is 33.1. The highest BCUT2D eigenvalue weighted by Crippen LogP contribution is 2.31. The van der Waals surface area contributed by atoms with Gasteiger partial charge in [0.1, 0.15) is 18.5 Å². The Morgan fingerprint density at radius 3 is 1.94 bits per heavy atom. The molecule has 10 heteroatoms. The van der Waals surface area contributed by atoms with Gasteiger partial charge in [0.05, 0.1) is 0 Å². The van der Waals surface area contributed by atoms with E-state index in [1.54, 1.807) is 12.1 Å². The van der Waals surface area contributed by atoms with Gasteiger partial charge in [-0.25, -0.2) is 0 Å². The van der Waals surface area contributed by atoms with Gasteiger partial charge in [-0.2, -0.15) is 0 Å². The largest absolute Gasteiger partial charge is 0.463 e. The van der Waals surface area contributed by atoms with Crippen LogP contribution in [0.2, 0.25) is 0 Å². The van der Waals surface area contributed by atoms with Crippen LogP contribution >= 0.6 is 0 Å². The van der Waals surface area contributed by atoms with Crippen LogP contribution < -0.4 is 4.74 Å². The molecule has 0 saturated carbocycles. The van der Waals surface area contributed by atoms with Crippen LogP contribution in [0.4, 0.5) is 0 Å². The third-order valence-electron chi connectivity index (χ3n) is 4.92. The molecule has 5 atom stereocenters. The van der Waals surface area contributed by atoms with Crippen molar-refractivity contribution in [1.82, 2.24) is 0 Å². The lowest BCUT2D eigenvalue weighted by Gasteiger charge is -2.43. The van der Waals surface area contributed by atoms with Crippen LogP contribution in [0.1, 0.15) is 27.7 Å². The van der Waals surface area contributed by atoms with Crippen molar-refractivity contribution in [3.8, 4) is 5.75 Å². The molecule has 182 valence electrons. The summed E-state index contributed by atoms with van der Waals surface area (Å²) in [4.78, 5) is 47.0. The van der Waals surface area contributed by atoms with Crippen LogP contribution in [0.5, 0.6) is 5.75 Å². The first-order valence-corrected chi connectivity index (χ1v) is 10.6. The van der Waals surface area contributed by atoms with E-state index in [0.717, 1.165) is 24.6 Å². The molecular weight excluding hydrogens is 448 g/mol. The van der Waals surface area contributed by atoms with Crippen LogP contribution in [0, 0.1) is 0 Å². The fourth-order valence-electron chi connectivity index (χ4n) is 3.66. The van der Waals surface area contributed by atoms with E-state index >= 15 is 0 Å². The lowest BCUT2D eigenvalue weighted by Crippen LogP contribution is -2.63. The number of carbonyl (C=O) groups excluding carboxylic acids is 4. The van der Waals surface area contributed by atoms with Crippen molar-refractivity contribution >= 4 is 34.6 Å². The summed E-state index contributed by atoms with van der Waals surface area (Å²) >= 11 is 0. The average Bonchev–Trinajstić information content (AvgIpc) is 2.75. The molecule has 1 aliphatic heterocycles. The minimum absolute atomic E-state index is 0.324. The van der Waals surface area contributed by atoms with Crippen LogP contribution in [-0.2, 0) is 42.9 Å². The molecule has 0 aliphatic carbocycles. The Kier molecular flexibility index (Phi) is 8.06. The second kappa shape index (κ2) is 11.0. The molecule has 1 fully saturated rings. The van der Waals surface area contributed by atoms with Gasteiger partial charge < -0.3 is 28.4 Å². The van der Waals surface area contributed by atoms with Gasteiger partial charge >= 0.3 is 23.9 Å². The number of carbonyl (C=O) groups is 4. The highest BCUT2D eigenvalue weighted by Gasteiger charge is 2.53. The fraction of sp³-hybridized carbons (Fsp3) is 0.417. The van der Waals surface area contributed by atoms with Crippen molar-refractivity contribution in [2.75, 3.05) is 6.61 Å². The molecule has 1 heterocycles. The summed E-state index contributed by atoms with van der Waals surface area (Å²) in [6.07, 6.45) is -6.16. The van der Waals surface area contributed by atoms with E-state index < -0.39 is 54.6 Å². The molecule has 3 rings (SSSR count). The number of benzene rings is 2. The number of rotatable bonds is 7. The van der Waals surface area contributed by atoms with Crippen molar-refractivity contribution in [2.45, 2.75) is 58.4 Å². The van der Waals surface area contributed by atoms with Crippen LogP contribution in [0.25, 0.3) is 10.8 Å². The lowest BCUT2D eigenvalue weighted by molar-refractivity contribution is -0.288. The first-order valence-electron chi connectivity index (χ1n) is 10.6. The molecule has 34 heavy (non-hydrogen) atoms. The van der Waals surface area contributed by atoms with Crippen LogP contribution in [0.3, 0.4) is 0 Å². The summed E-state index contributed by atoms with van der Waals surface area (Å²) in [5.41, 5.74) is 0. The Balaban J connectivity index is 1.98. The maximum atomic E-state index is 11.9. The Hall–Kier alpha value is -3.66. The third-order valence-corrected chi connectivity index (χ3v) is 4.92. The van der Waals surface area contributed by atoms with Gasteiger partial charge in [0.25, 0.3) is 0 Å². The summed E-state index contributed by atoms with van der Waals surface area (Å²) in [7, 11) is 0. The van der Waals surface area contributed by atoms with Gasteiger partial charge in [-0.3, -0.25) is 19.2 Å². The number of hydrogen-bond acceptors (Lipinski definition) is 10. The summed E-state index contributed by atoms with van der Waals surface area (Å²) in [5, 5.41) is 1.88. The molecule has 0 N–H and O–H groups in total. The van der Waals surface area contributed by atoms with E-state index in [1.165, 1.54) is 13.8 Å². The topological polar surface area (TPSA) is 124 Å². The SMILES string of the molecule is CC(=O)OC[C@@H]1O[C@@H](Oc2ccc3ccccc3c2)[C@@H](OC(C)=O)[C@@H](OC(C)=O)[C@H]1OC(C)=O. The predicted molar refractivity (Wildman–Crippen MR) is 117 cm³/mol. The summed E-state index contributed by atoms with van der Waals surface area (Å²) in [6, 6.07) is 12.9. The van der Waals surface area contributed by atoms with E-state index in [9.17, 15) is 19.2 Å². The molecule has 0 amide bonds. The highest BCUT2D eigenvalue weighted by atomic mass is 16.7. The van der Waals surface area contributed by atoms with E-state index in [0.29, 0.717) is 5.75 Å². The number of esters is 4. The van der Waals surface area contributed by atoms with E-state index in [-0.39, 0.29) is 6.61 Å². The van der Waals surface area contributed by atoms with E-state index in [4.69, 9.17) is 28.4 Å². The second-order valence-electron chi connectivity index (χ2n) is 7.69. The molecule has 2 aromatic rings. The zero-order valence-corrected chi connectivity index (χ0v) is 19.2. The minimum atomic E-state index is -1.29. The Bertz CT molecular complexity index is 1060. The number of hydrogen-bond donors (Lipinski definition) is 0. The van der Waals surface area contributed by atoms with Crippen molar-refractivity contribution in [2.24, 2.45) is 0 Å². The zero-order chi connectivity index (χ0) is 24.8. The first-order chi connectivity index (χ1) is 16.1. The van der Waals surface area contributed by atoms with Gasteiger partial charge in [0.15, 0.2) is 12.2 Å². The predicted octanol–water partition coefficient (Wildman–Crippen LogP) is 2.30. The average molecular weight is 474 g/mol. The van der Waals surface area contributed by atoms with Crippen molar-refractivity contribution in [3.05, 3.63) is 42.5 Å². The minimum Gasteiger partial charge on any atom is -0.463 e. The second-order valence-corrected chi connectivity index (χ2v) is 7.69. The van der Waals surface area contributed by atoms with Gasteiger partial charge in [-0.05, 0) is 22.9 Å². The lowest BCUT2D eigenvalue weighted by atomic mass is 9.98. The molecule has 1 aliphatic rings. The Labute approximate surface area is 196 Å². The quantitative estimate of drug-likeness (QED) is 0.436. The Morgan fingerprint density at radius 2 is 1.32 bits per heavy atom. The molecule has 10 nitrogen and oxygen atoms in total. The summed E-state index contributed by atoms with van der Waals surface area (Å²) in [5.74, 6) is -2.31. The van der Waals surface area contributed by atoms with Crippen molar-refractivity contribution in [1.29, 1.82) is 0 Å². The van der Waals surface area contributed by atoms with Gasteiger partial charge in [-0.15, -0.1) is 0 Å². The van der Waals surface area contributed by atoms with E-state index in [1.807, 2.05) is 30.3 Å². The summed E-state index contributed by atoms with van der Waals surface area (Å²) in [6.45, 7) is 4.37. The zero-order valence-electron chi connectivity index (χ0n) is 19.2. The molecule has 0 spiro atoms. The monoisotopic (exact) mass is 474 g/mol. The number of fused-ring (bicyclic) bond motifs is 1. The first kappa shape index (κ1) is 25.0. The van der Waals surface area contributed by atoms with Gasteiger partial charge in [0, 0.05) is 27.7 Å².